The summed E-state index contributed by atoms with van der Waals surface area (Å²) in [5.41, 5.74) is 3.88. The molecule has 1 fully saturated rings. The topological polar surface area (TPSA) is 43.8 Å². The molecule has 1 aromatic heterocycles. The molecule has 0 aliphatic carbocycles. The quantitative estimate of drug-likeness (QED) is 0.377. The minimum absolute atomic E-state index is 0. The molecule has 7 heteroatoms. The number of hydrogen-bond acceptors (Lipinski definition) is 3. The Hall–Kier alpha value is -1.38. The number of nitrogens with one attached hydrogen (secondary N) is 1. The first kappa shape index (κ1) is 22.9. The molecule has 0 unspecified atom stereocenters. The van der Waals surface area contributed by atoms with E-state index in [9.17, 15) is 0 Å². The number of pyridine rings is 1. The number of piperazine rings is 1. The fraction of sp³-hybridized carbons (Fsp3) is 0.429. The van der Waals surface area contributed by atoms with Crippen molar-refractivity contribution in [3.05, 3.63) is 64.4 Å². The number of rotatable bonds is 5. The van der Waals surface area contributed by atoms with Gasteiger partial charge in [0.25, 0.3) is 0 Å². The highest BCUT2D eigenvalue weighted by Gasteiger charge is 2.19. The van der Waals surface area contributed by atoms with E-state index in [0.29, 0.717) is 0 Å². The van der Waals surface area contributed by atoms with E-state index in [0.717, 1.165) is 56.7 Å². The van der Waals surface area contributed by atoms with Gasteiger partial charge in [-0.2, -0.15) is 0 Å². The van der Waals surface area contributed by atoms with Crippen LogP contribution in [0.2, 0.25) is 5.02 Å². The normalized spacial score (nSPS) is 15.2. The summed E-state index contributed by atoms with van der Waals surface area (Å²) >= 11 is 5.97. The Bertz CT molecular complexity index is 758. The predicted octanol–water partition coefficient (Wildman–Crippen LogP) is 3.60. The highest BCUT2D eigenvalue weighted by Crippen LogP contribution is 2.13. The van der Waals surface area contributed by atoms with Crippen LogP contribution in [0.5, 0.6) is 0 Å². The maximum Gasteiger partial charge on any atom is 0.193 e. The van der Waals surface area contributed by atoms with E-state index in [2.05, 4.69) is 50.2 Å². The number of aryl methyl sites for hydroxylation is 1. The zero-order chi connectivity index (χ0) is 19.1. The lowest BCUT2D eigenvalue weighted by molar-refractivity contribution is 0.172. The second kappa shape index (κ2) is 11.6. The van der Waals surface area contributed by atoms with Crippen LogP contribution in [0, 0.1) is 6.92 Å². The maximum atomic E-state index is 5.97. The molecule has 0 atom stereocenters. The highest BCUT2D eigenvalue weighted by molar-refractivity contribution is 14.0. The van der Waals surface area contributed by atoms with E-state index in [1.165, 1.54) is 16.7 Å². The lowest BCUT2D eigenvalue weighted by atomic mass is 10.1. The fourth-order valence-electron chi connectivity index (χ4n) is 3.39. The first-order valence-corrected chi connectivity index (χ1v) is 9.85. The predicted molar refractivity (Wildman–Crippen MR) is 128 cm³/mol. The second-order valence-electron chi connectivity index (χ2n) is 6.92. The number of nitrogens with zero attached hydrogens (tertiary/aromatic N) is 4. The van der Waals surface area contributed by atoms with Gasteiger partial charge in [-0.1, -0.05) is 23.7 Å². The molecule has 2 aromatic rings. The molecule has 3 rings (SSSR count). The van der Waals surface area contributed by atoms with Gasteiger partial charge in [0.1, 0.15) is 0 Å². The van der Waals surface area contributed by atoms with Crippen molar-refractivity contribution in [1.29, 1.82) is 0 Å². The summed E-state index contributed by atoms with van der Waals surface area (Å²) in [7, 11) is 1.86. The molecule has 1 aliphatic heterocycles. The summed E-state index contributed by atoms with van der Waals surface area (Å²) in [5, 5.41) is 4.30. The monoisotopic (exact) mass is 513 g/mol. The molecule has 1 aromatic carbocycles. The largest absolute Gasteiger partial charge is 0.356 e. The van der Waals surface area contributed by atoms with Gasteiger partial charge in [-0.3, -0.25) is 14.9 Å². The number of benzene rings is 1. The van der Waals surface area contributed by atoms with E-state index < -0.39 is 0 Å². The fourth-order valence-corrected chi connectivity index (χ4v) is 3.52. The molecular weight excluding hydrogens is 485 g/mol. The van der Waals surface area contributed by atoms with Crippen LogP contribution in [-0.4, -0.2) is 60.5 Å². The average molecular weight is 514 g/mol. The molecule has 0 amide bonds. The summed E-state index contributed by atoms with van der Waals surface area (Å²) < 4.78 is 0. The van der Waals surface area contributed by atoms with Crippen LogP contribution in [0.4, 0.5) is 0 Å². The van der Waals surface area contributed by atoms with Crippen molar-refractivity contribution in [2.45, 2.75) is 19.9 Å². The van der Waals surface area contributed by atoms with Crippen molar-refractivity contribution in [2.75, 3.05) is 39.8 Å². The summed E-state index contributed by atoms with van der Waals surface area (Å²) in [6.45, 7) is 8.00. The number of aliphatic imine (C=N–C) groups is 1. The van der Waals surface area contributed by atoms with Crippen LogP contribution < -0.4 is 5.32 Å². The first-order chi connectivity index (χ1) is 13.2. The summed E-state index contributed by atoms with van der Waals surface area (Å²) in [4.78, 5) is 13.4. The molecule has 1 saturated heterocycles. The minimum Gasteiger partial charge on any atom is -0.356 e. The molecule has 0 radical (unpaired) electrons. The Morgan fingerprint density at radius 2 is 1.86 bits per heavy atom. The van der Waals surface area contributed by atoms with Gasteiger partial charge in [0, 0.05) is 63.7 Å². The summed E-state index contributed by atoms with van der Waals surface area (Å²) in [6, 6.07) is 10.2. The van der Waals surface area contributed by atoms with Gasteiger partial charge < -0.3 is 10.2 Å². The third kappa shape index (κ3) is 6.60. The average Bonchev–Trinajstić information content (AvgIpc) is 2.69. The third-order valence-electron chi connectivity index (χ3n) is 5.02. The summed E-state index contributed by atoms with van der Waals surface area (Å²) in [6.07, 6.45) is 4.75. The maximum absolute atomic E-state index is 5.97. The second-order valence-corrected chi connectivity index (χ2v) is 7.35. The van der Waals surface area contributed by atoms with E-state index in [1.807, 2.05) is 31.6 Å². The van der Waals surface area contributed by atoms with Crippen LogP contribution in [0.15, 0.2) is 47.7 Å². The number of halogens is 2. The van der Waals surface area contributed by atoms with E-state index in [1.54, 1.807) is 0 Å². The van der Waals surface area contributed by atoms with Crippen molar-refractivity contribution in [1.82, 2.24) is 20.1 Å². The molecule has 1 aliphatic rings. The van der Waals surface area contributed by atoms with E-state index >= 15 is 0 Å². The Balaban J connectivity index is 0.00000280. The smallest absolute Gasteiger partial charge is 0.193 e. The van der Waals surface area contributed by atoms with E-state index in [4.69, 9.17) is 11.6 Å². The standard InChI is InChI=1S/C21H28ClN5.HI/c1-17-15-24-9-7-19(17)8-10-25-21(23-2)27-13-11-26(12-14-27)16-18-3-5-20(22)6-4-18;/h3-7,9,15H,8,10-14,16H2,1-2H3,(H,23,25);1H. The van der Waals surface area contributed by atoms with Gasteiger partial charge in [0.15, 0.2) is 5.96 Å². The van der Waals surface area contributed by atoms with Crippen LogP contribution in [0.1, 0.15) is 16.7 Å². The molecular formula is C21H29ClIN5. The number of aromatic nitrogens is 1. The molecule has 0 saturated carbocycles. The van der Waals surface area contributed by atoms with Gasteiger partial charge in [-0.25, -0.2) is 0 Å². The highest BCUT2D eigenvalue weighted by atomic mass is 127. The molecule has 152 valence electrons. The Labute approximate surface area is 190 Å². The van der Waals surface area contributed by atoms with Crippen molar-refractivity contribution < 1.29 is 0 Å². The Morgan fingerprint density at radius 3 is 2.50 bits per heavy atom. The van der Waals surface area contributed by atoms with Gasteiger partial charge in [0.2, 0.25) is 0 Å². The molecule has 0 bridgehead atoms. The van der Waals surface area contributed by atoms with Crippen molar-refractivity contribution >= 4 is 41.5 Å². The zero-order valence-corrected chi connectivity index (χ0v) is 19.7. The molecule has 28 heavy (non-hydrogen) atoms. The number of hydrogen-bond donors (Lipinski definition) is 1. The molecule has 2 heterocycles. The van der Waals surface area contributed by atoms with Crippen molar-refractivity contribution in [2.24, 2.45) is 4.99 Å². The molecule has 0 spiro atoms. The zero-order valence-electron chi connectivity index (χ0n) is 16.6. The number of guanidine groups is 1. The van der Waals surface area contributed by atoms with Gasteiger partial charge >= 0.3 is 0 Å². The van der Waals surface area contributed by atoms with Crippen molar-refractivity contribution in [3.8, 4) is 0 Å². The Morgan fingerprint density at radius 1 is 1.14 bits per heavy atom. The minimum atomic E-state index is 0. The Kier molecular flexibility index (Phi) is 9.47. The lowest BCUT2D eigenvalue weighted by Gasteiger charge is -2.36. The van der Waals surface area contributed by atoms with Gasteiger partial charge in [0.05, 0.1) is 0 Å². The molecule has 1 N–H and O–H groups in total. The van der Waals surface area contributed by atoms with Gasteiger partial charge in [-0.15, -0.1) is 24.0 Å². The van der Waals surface area contributed by atoms with Crippen LogP contribution in [-0.2, 0) is 13.0 Å². The SMILES string of the molecule is CN=C(NCCc1ccncc1C)N1CCN(Cc2ccc(Cl)cc2)CC1.I. The van der Waals surface area contributed by atoms with E-state index in [-0.39, 0.29) is 24.0 Å². The summed E-state index contributed by atoms with van der Waals surface area (Å²) in [5.74, 6) is 0.993. The van der Waals surface area contributed by atoms with Crippen LogP contribution >= 0.6 is 35.6 Å². The van der Waals surface area contributed by atoms with Crippen molar-refractivity contribution in [3.63, 3.8) is 0 Å². The lowest BCUT2D eigenvalue weighted by Crippen LogP contribution is -2.52. The molecule has 5 nitrogen and oxygen atoms in total. The first-order valence-electron chi connectivity index (χ1n) is 9.47. The third-order valence-corrected chi connectivity index (χ3v) is 5.27. The van der Waals surface area contributed by atoms with Gasteiger partial charge in [-0.05, 0) is 48.2 Å². The van der Waals surface area contributed by atoms with Crippen LogP contribution in [0.3, 0.4) is 0 Å². The van der Waals surface area contributed by atoms with Crippen LogP contribution in [0.25, 0.3) is 0 Å².